The molecule has 1 aromatic rings. The predicted molar refractivity (Wildman–Crippen MR) is 69.6 cm³/mol. The molecule has 5 heteroatoms. The van der Waals surface area contributed by atoms with E-state index in [4.69, 9.17) is 13.6 Å². The Hall–Kier alpha value is 0.0495. The summed E-state index contributed by atoms with van der Waals surface area (Å²) >= 11 is 2.96. The van der Waals surface area contributed by atoms with Gasteiger partial charge in [-0.2, -0.15) is 0 Å². The van der Waals surface area contributed by atoms with Crippen LogP contribution in [0.1, 0.15) is 25.8 Å². The Morgan fingerprint density at radius 2 is 2.06 bits per heavy atom. The number of rotatable bonds is 3. The summed E-state index contributed by atoms with van der Waals surface area (Å²) in [5.74, 6) is 0. The Kier molecular flexibility index (Phi) is 4.25. The molecule has 0 aliphatic carbocycles. The first-order valence-corrected chi connectivity index (χ1v) is 9.39. The van der Waals surface area contributed by atoms with Gasteiger partial charge in [-0.1, -0.05) is 0 Å². The average Bonchev–Trinajstić information content (AvgIpc) is 2.26. The van der Waals surface area contributed by atoms with Gasteiger partial charge in [0.1, 0.15) is 0 Å². The quantitative estimate of drug-likeness (QED) is 0.632. The van der Waals surface area contributed by atoms with Gasteiger partial charge in [-0.05, 0) is 0 Å². The third-order valence-electron chi connectivity index (χ3n) is 2.54. The van der Waals surface area contributed by atoms with Crippen LogP contribution in [-0.4, -0.2) is 27.3 Å². The molecule has 0 radical (unpaired) electrons. The van der Waals surface area contributed by atoms with Gasteiger partial charge in [0, 0.05) is 0 Å². The molecule has 1 heterocycles. The molecule has 1 aliphatic heterocycles. The second-order valence-electron chi connectivity index (χ2n) is 4.64. The zero-order valence-corrected chi connectivity index (χ0v) is 12.7. The van der Waals surface area contributed by atoms with Crippen LogP contribution in [0, 0.1) is 0 Å². The standard InChI is InChI=1S/C12H17O3PSe/c1-12(2)8-9-13-16(17,15-12)14-10-11-6-4-3-5-7-11/h3-7H,8-10H2,1-2H3. The summed E-state index contributed by atoms with van der Waals surface area (Å²) in [5, 5.41) is 0. The SMILES string of the molecule is CC1(C)CCOP(=[Se])(OCc2ccccc2)O1. The van der Waals surface area contributed by atoms with Crippen molar-refractivity contribution in [1.82, 2.24) is 0 Å². The van der Waals surface area contributed by atoms with Gasteiger partial charge in [-0.3, -0.25) is 0 Å². The van der Waals surface area contributed by atoms with Gasteiger partial charge < -0.3 is 0 Å². The first kappa shape index (κ1) is 13.5. The topological polar surface area (TPSA) is 27.7 Å². The monoisotopic (exact) mass is 320 g/mol. The predicted octanol–water partition coefficient (Wildman–Crippen LogP) is 3.26. The van der Waals surface area contributed by atoms with Gasteiger partial charge >= 0.3 is 110 Å². The Labute approximate surface area is 110 Å². The Balaban J connectivity index is 1.96. The summed E-state index contributed by atoms with van der Waals surface area (Å²) in [5.41, 5.74) is 0.950. The van der Waals surface area contributed by atoms with Crippen molar-refractivity contribution < 1.29 is 13.6 Å². The zero-order valence-electron chi connectivity index (χ0n) is 10.1. The molecule has 0 amide bonds. The van der Waals surface area contributed by atoms with Gasteiger partial charge in [0.25, 0.3) is 0 Å². The maximum absolute atomic E-state index is 5.89. The third-order valence-corrected chi connectivity index (χ3v) is 6.00. The van der Waals surface area contributed by atoms with Crippen molar-refractivity contribution in [3.8, 4) is 0 Å². The van der Waals surface area contributed by atoms with E-state index in [1.807, 2.05) is 30.3 Å². The van der Waals surface area contributed by atoms with Crippen molar-refractivity contribution >= 4 is 21.3 Å². The minimum absolute atomic E-state index is 0.173. The summed E-state index contributed by atoms with van der Waals surface area (Å²) in [4.78, 5) is 0. The van der Waals surface area contributed by atoms with Crippen LogP contribution in [0.2, 0.25) is 0 Å². The molecule has 94 valence electrons. The summed E-state index contributed by atoms with van der Waals surface area (Å²) in [6, 6.07) is 10.0. The molecule has 1 atom stereocenters. The van der Waals surface area contributed by atoms with E-state index in [1.54, 1.807) is 0 Å². The molecule has 0 spiro atoms. The van der Waals surface area contributed by atoms with E-state index in [9.17, 15) is 0 Å². The van der Waals surface area contributed by atoms with E-state index in [-0.39, 0.29) is 5.60 Å². The average molecular weight is 319 g/mol. The van der Waals surface area contributed by atoms with Crippen molar-refractivity contribution in [2.45, 2.75) is 32.5 Å². The van der Waals surface area contributed by atoms with E-state index in [1.165, 1.54) is 0 Å². The fourth-order valence-corrected chi connectivity index (χ4v) is 5.14. The maximum atomic E-state index is 5.89. The second kappa shape index (κ2) is 5.36. The molecule has 0 saturated carbocycles. The molecule has 0 aromatic heterocycles. The van der Waals surface area contributed by atoms with Crippen LogP contribution in [0.15, 0.2) is 30.3 Å². The first-order chi connectivity index (χ1) is 7.99. The van der Waals surface area contributed by atoms with Gasteiger partial charge in [-0.25, -0.2) is 0 Å². The van der Waals surface area contributed by atoms with Crippen molar-refractivity contribution in [3.05, 3.63) is 35.9 Å². The van der Waals surface area contributed by atoms with E-state index >= 15 is 0 Å². The molecule has 1 fully saturated rings. The molecule has 1 aliphatic rings. The normalized spacial score (nSPS) is 27.9. The van der Waals surface area contributed by atoms with Gasteiger partial charge in [0.05, 0.1) is 0 Å². The fourth-order valence-electron chi connectivity index (χ4n) is 1.57. The summed E-state index contributed by atoms with van der Waals surface area (Å²) in [6.45, 7) is 5.32. The van der Waals surface area contributed by atoms with Gasteiger partial charge in [0.15, 0.2) is 0 Å². The van der Waals surface area contributed by atoms with Crippen LogP contribution >= 0.6 is 6.19 Å². The van der Waals surface area contributed by atoms with Crippen molar-refractivity contribution in [2.24, 2.45) is 0 Å². The number of hydrogen-bond acceptors (Lipinski definition) is 3. The first-order valence-electron chi connectivity index (χ1n) is 5.63. The van der Waals surface area contributed by atoms with Crippen LogP contribution in [0.4, 0.5) is 0 Å². The molecule has 3 nitrogen and oxygen atoms in total. The van der Waals surface area contributed by atoms with Gasteiger partial charge in [-0.15, -0.1) is 0 Å². The molecule has 1 unspecified atom stereocenters. The van der Waals surface area contributed by atoms with Crippen LogP contribution < -0.4 is 0 Å². The van der Waals surface area contributed by atoms with E-state index in [0.717, 1.165) is 12.0 Å². The molecule has 2 rings (SSSR count). The van der Waals surface area contributed by atoms with E-state index in [0.29, 0.717) is 13.2 Å². The zero-order chi connectivity index (χ0) is 12.4. The second-order valence-corrected chi connectivity index (χ2v) is 9.05. The summed E-state index contributed by atoms with van der Waals surface area (Å²) < 4.78 is 17.3. The number of benzene rings is 1. The molecule has 1 aromatic carbocycles. The summed E-state index contributed by atoms with van der Waals surface area (Å²) in [6.07, 6.45) is -1.38. The molecule has 0 N–H and O–H groups in total. The van der Waals surface area contributed by atoms with Crippen molar-refractivity contribution in [1.29, 1.82) is 0 Å². The Bertz CT molecular complexity index is 419. The van der Waals surface area contributed by atoms with Gasteiger partial charge in [0.2, 0.25) is 0 Å². The number of hydrogen-bond donors (Lipinski definition) is 0. The van der Waals surface area contributed by atoms with E-state index < -0.39 is 6.19 Å². The molecule has 17 heavy (non-hydrogen) atoms. The fraction of sp³-hybridized carbons (Fsp3) is 0.500. The van der Waals surface area contributed by atoms with Crippen molar-refractivity contribution in [2.75, 3.05) is 6.61 Å². The third kappa shape index (κ3) is 4.03. The van der Waals surface area contributed by atoms with Crippen molar-refractivity contribution in [3.63, 3.8) is 0 Å². The molecular formula is C12H17O3PSe. The minimum atomic E-state index is -2.28. The van der Waals surface area contributed by atoms with Crippen LogP contribution in [-0.2, 0) is 20.2 Å². The Morgan fingerprint density at radius 1 is 1.35 bits per heavy atom. The van der Waals surface area contributed by atoms with Crippen LogP contribution in [0.25, 0.3) is 0 Å². The van der Waals surface area contributed by atoms with E-state index in [2.05, 4.69) is 28.9 Å². The summed E-state index contributed by atoms with van der Waals surface area (Å²) in [7, 11) is 0. The molecule has 1 saturated heterocycles. The molecule has 0 bridgehead atoms. The molecular weight excluding hydrogens is 302 g/mol. The van der Waals surface area contributed by atoms with Crippen LogP contribution in [0.3, 0.4) is 0 Å². The Morgan fingerprint density at radius 3 is 2.71 bits per heavy atom. The van der Waals surface area contributed by atoms with Crippen LogP contribution in [0.5, 0.6) is 0 Å².